The lowest BCUT2D eigenvalue weighted by molar-refractivity contribution is 0.394. The molecule has 6 heteroatoms. The van der Waals surface area contributed by atoms with Crippen LogP contribution in [-0.2, 0) is 0 Å². The van der Waals surface area contributed by atoms with Crippen LogP contribution in [0.15, 0.2) is 22.7 Å². The van der Waals surface area contributed by atoms with Crippen molar-refractivity contribution in [1.29, 1.82) is 0 Å². The first-order chi connectivity index (χ1) is 8.15. The summed E-state index contributed by atoms with van der Waals surface area (Å²) in [5, 5.41) is 3.78. The van der Waals surface area contributed by atoms with Gasteiger partial charge in [0, 0.05) is 17.8 Å². The van der Waals surface area contributed by atoms with Gasteiger partial charge in [-0.3, -0.25) is 0 Å². The summed E-state index contributed by atoms with van der Waals surface area (Å²) in [6, 6.07) is 3.84. The normalized spacial score (nSPS) is 11.2. The summed E-state index contributed by atoms with van der Waals surface area (Å²) in [5.41, 5.74) is 0.587. The van der Waals surface area contributed by atoms with Gasteiger partial charge in [0.15, 0.2) is 5.82 Å². The Morgan fingerprint density at radius 2 is 2.12 bits per heavy atom. The van der Waals surface area contributed by atoms with Gasteiger partial charge in [-0.1, -0.05) is 5.16 Å². The van der Waals surface area contributed by atoms with Crippen molar-refractivity contribution < 1.29 is 13.3 Å². The average Bonchev–Trinajstić information content (AvgIpc) is 2.84. The SMILES string of the molecule is Cc1nc(-c2[nH]c3ccc(F)cc3c2F)no1. The summed E-state index contributed by atoms with van der Waals surface area (Å²) >= 11 is 0. The second kappa shape index (κ2) is 3.38. The van der Waals surface area contributed by atoms with Crippen molar-refractivity contribution in [3.8, 4) is 11.5 Å². The van der Waals surface area contributed by atoms with Crippen LogP contribution in [0.4, 0.5) is 8.78 Å². The zero-order chi connectivity index (χ0) is 12.0. The van der Waals surface area contributed by atoms with E-state index in [9.17, 15) is 8.78 Å². The fraction of sp³-hybridized carbons (Fsp3) is 0.0909. The van der Waals surface area contributed by atoms with Gasteiger partial charge in [-0.2, -0.15) is 4.98 Å². The molecular weight excluding hydrogens is 228 g/mol. The van der Waals surface area contributed by atoms with Crippen molar-refractivity contribution >= 4 is 10.9 Å². The molecule has 0 bridgehead atoms. The van der Waals surface area contributed by atoms with Crippen molar-refractivity contribution in [3.05, 3.63) is 35.7 Å². The number of aromatic nitrogens is 3. The van der Waals surface area contributed by atoms with E-state index >= 15 is 0 Å². The third-order valence-corrected chi connectivity index (χ3v) is 2.45. The number of nitrogens with one attached hydrogen (secondary N) is 1. The highest BCUT2D eigenvalue weighted by Gasteiger charge is 2.17. The van der Waals surface area contributed by atoms with Gasteiger partial charge in [0.1, 0.15) is 11.5 Å². The molecule has 0 radical (unpaired) electrons. The van der Waals surface area contributed by atoms with Crippen molar-refractivity contribution in [2.75, 3.05) is 0 Å². The lowest BCUT2D eigenvalue weighted by atomic mass is 10.2. The van der Waals surface area contributed by atoms with Crippen LogP contribution >= 0.6 is 0 Å². The molecule has 0 atom stereocenters. The van der Waals surface area contributed by atoms with Crippen LogP contribution in [0.2, 0.25) is 0 Å². The second-order valence-corrected chi connectivity index (χ2v) is 3.64. The Morgan fingerprint density at radius 1 is 1.29 bits per heavy atom. The molecule has 4 nitrogen and oxygen atoms in total. The molecule has 0 saturated heterocycles. The van der Waals surface area contributed by atoms with E-state index in [0.29, 0.717) is 11.4 Å². The van der Waals surface area contributed by atoms with Crippen LogP contribution in [0, 0.1) is 18.6 Å². The maximum atomic E-state index is 14.0. The molecule has 0 aliphatic carbocycles. The van der Waals surface area contributed by atoms with Crippen molar-refractivity contribution in [3.63, 3.8) is 0 Å². The number of nitrogens with zero attached hydrogens (tertiary/aromatic N) is 2. The van der Waals surface area contributed by atoms with Crippen molar-refractivity contribution in [1.82, 2.24) is 15.1 Å². The molecule has 1 aromatic carbocycles. The molecule has 0 aliphatic rings. The van der Waals surface area contributed by atoms with Gasteiger partial charge in [-0.05, 0) is 18.2 Å². The van der Waals surface area contributed by atoms with E-state index in [4.69, 9.17) is 4.52 Å². The first-order valence-corrected chi connectivity index (χ1v) is 4.92. The van der Waals surface area contributed by atoms with Crippen LogP contribution in [0.25, 0.3) is 22.4 Å². The smallest absolute Gasteiger partial charge is 0.223 e. The molecule has 1 N–H and O–H groups in total. The third-order valence-electron chi connectivity index (χ3n) is 2.45. The number of halogens is 2. The number of rotatable bonds is 1. The fourth-order valence-corrected chi connectivity index (χ4v) is 1.69. The van der Waals surface area contributed by atoms with E-state index in [1.54, 1.807) is 6.92 Å². The van der Waals surface area contributed by atoms with Crippen LogP contribution in [0.5, 0.6) is 0 Å². The predicted octanol–water partition coefficient (Wildman–Crippen LogP) is 2.80. The zero-order valence-corrected chi connectivity index (χ0v) is 8.79. The van der Waals surface area contributed by atoms with Crippen molar-refractivity contribution in [2.24, 2.45) is 0 Å². The number of benzene rings is 1. The molecule has 0 fully saturated rings. The average molecular weight is 235 g/mol. The quantitative estimate of drug-likeness (QED) is 0.705. The number of H-pyrrole nitrogens is 1. The Hall–Kier alpha value is -2.24. The maximum Gasteiger partial charge on any atom is 0.223 e. The van der Waals surface area contributed by atoms with Crippen LogP contribution < -0.4 is 0 Å². The highest BCUT2D eigenvalue weighted by Crippen LogP contribution is 2.27. The topological polar surface area (TPSA) is 54.7 Å². The lowest BCUT2D eigenvalue weighted by Crippen LogP contribution is -1.83. The largest absolute Gasteiger partial charge is 0.349 e. The van der Waals surface area contributed by atoms with Gasteiger partial charge in [0.05, 0.1) is 0 Å². The molecule has 0 spiro atoms. The third kappa shape index (κ3) is 1.49. The highest BCUT2D eigenvalue weighted by atomic mass is 19.1. The van der Waals surface area contributed by atoms with Gasteiger partial charge < -0.3 is 9.51 Å². The molecule has 17 heavy (non-hydrogen) atoms. The first-order valence-electron chi connectivity index (χ1n) is 4.92. The van der Waals surface area contributed by atoms with Crippen LogP contribution in [0.1, 0.15) is 5.89 Å². The monoisotopic (exact) mass is 235 g/mol. The molecule has 3 aromatic rings. The standard InChI is InChI=1S/C11H7F2N3O/c1-5-14-11(16-17-5)10-9(13)7-4-6(12)2-3-8(7)15-10/h2-4,15H,1H3. The molecule has 0 aliphatic heterocycles. The molecule has 0 unspecified atom stereocenters. The minimum absolute atomic E-state index is 0.0995. The number of hydrogen-bond donors (Lipinski definition) is 1. The lowest BCUT2D eigenvalue weighted by Gasteiger charge is -1.88. The van der Waals surface area contributed by atoms with Crippen molar-refractivity contribution in [2.45, 2.75) is 6.92 Å². The van der Waals surface area contributed by atoms with E-state index in [2.05, 4.69) is 15.1 Å². The fourth-order valence-electron chi connectivity index (χ4n) is 1.69. The highest BCUT2D eigenvalue weighted by molar-refractivity contribution is 5.85. The Balaban J connectivity index is 2.27. The number of fused-ring (bicyclic) bond motifs is 1. The van der Waals surface area contributed by atoms with Gasteiger partial charge in [0.25, 0.3) is 0 Å². The van der Waals surface area contributed by atoms with Gasteiger partial charge in [-0.25, -0.2) is 8.78 Å². The Kier molecular flexibility index (Phi) is 1.98. The minimum Gasteiger partial charge on any atom is -0.349 e. The summed E-state index contributed by atoms with van der Waals surface area (Å²) in [4.78, 5) is 6.71. The summed E-state index contributed by atoms with van der Waals surface area (Å²) in [5.74, 6) is -0.618. The molecule has 0 saturated carbocycles. The van der Waals surface area contributed by atoms with Gasteiger partial charge in [-0.15, -0.1) is 0 Å². The Bertz CT molecular complexity index is 702. The van der Waals surface area contributed by atoms with E-state index < -0.39 is 11.6 Å². The minimum atomic E-state index is -0.583. The molecule has 86 valence electrons. The molecule has 2 heterocycles. The Morgan fingerprint density at radius 3 is 2.82 bits per heavy atom. The molecule has 2 aromatic heterocycles. The van der Waals surface area contributed by atoms with E-state index in [1.807, 2.05) is 0 Å². The zero-order valence-electron chi connectivity index (χ0n) is 8.79. The van der Waals surface area contributed by atoms with E-state index in [-0.39, 0.29) is 16.9 Å². The van der Waals surface area contributed by atoms with Gasteiger partial charge in [0.2, 0.25) is 11.7 Å². The molecular formula is C11H7F2N3O. The van der Waals surface area contributed by atoms with Gasteiger partial charge >= 0.3 is 0 Å². The Labute approximate surface area is 94.3 Å². The number of hydrogen-bond acceptors (Lipinski definition) is 3. The first kappa shape index (κ1) is 9.95. The summed E-state index contributed by atoms with van der Waals surface area (Å²) in [7, 11) is 0. The molecule has 3 rings (SSSR count). The molecule has 0 amide bonds. The summed E-state index contributed by atoms with van der Waals surface area (Å²) in [6.45, 7) is 1.61. The van der Waals surface area contributed by atoms with E-state index in [0.717, 1.165) is 6.07 Å². The van der Waals surface area contributed by atoms with Crippen LogP contribution in [0.3, 0.4) is 0 Å². The predicted molar refractivity (Wildman–Crippen MR) is 56.2 cm³/mol. The number of aryl methyl sites for hydroxylation is 1. The summed E-state index contributed by atoms with van der Waals surface area (Å²) < 4.78 is 31.8. The van der Waals surface area contributed by atoms with E-state index in [1.165, 1.54) is 12.1 Å². The maximum absolute atomic E-state index is 14.0. The summed E-state index contributed by atoms with van der Waals surface area (Å²) in [6.07, 6.45) is 0. The second-order valence-electron chi connectivity index (χ2n) is 3.64. The number of aromatic amines is 1. The van der Waals surface area contributed by atoms with Crippen LogP contribution in [-0.4, -0.2) is 15.1 Å².